The van der Waals surface area contributed by atoms with Crippen molar-refractivity contribution < 1.29 is 14.7 Å². The molecule has 0 saturated heterocycles. The van der Waals surface area contributed by atoms with Crippen LogP contribution in [-0.2, 0) is 10.3 Å². The fraction of sp³-hybridized carbons (Fsp3) is 0.143. The zero-order valence-electron chi connectivity index (χ0n) is 14.1. The van der Waals surface area contributed by atoms with E-state index in [-0.39, 0.29) is 5.92 Å². The van der Waals surface area contributed by atoms with Crippen molar-refractivity contribution in [2.45, 2.75) is 18.4 Å². The molecule has 25 heavy (non-hydrogen) atoms. The summed E-state index contributed by atoms with van der Waals surface area (Å²) in [6.45, 7) is 2.04. The van der Waals surface area contributed by atoms with Crippen molar-refractivity contribution in [3.63, 3.8) is 0 Å². The highest BCUT2D eigenvalue weighted by atomic mass is 16.6. The zero-order chi connectivity index (χ0) is 17.7. The molecule has 1 atom stereocenters. The van der Waals surface area contributed by atoms with Crippen LogP contribution >= 0.6 is 0 Å². The minimum absolute atomic E-state index is 0.153. The molecule has 3 rings (SSSR count). The second-order valence-electron chi connectivity index (χ2n) is 6.04. The molecular weight excluding hydrogens is 311 g/mol. The summed E-state index contributed by atoms with van der Waals surface area (Å²) >= 11 is 0. The highest BCUT2D eigenvalue weighted by molar-refractivity contribution is 6.32. The molecule has 3 aromatic carbocycles. The first-order valence-corrected chi connectivity index (χ1v) is 8.34. The minimum atomic E-state index is -1.90. The molecular formula is C21H21BO3. The van der Waals surface area contributed by atoms with Crippen molar-refractivity contribution >= 4 is 7.32 Å². The molecule has 0 bridgehead atoms. The molecule has 3 aromatic rings. The maximum Gasteiger partial charge on any atom is 0.634 e. The molecule has 126 valence electrons. The third-order valence-electron chi connectivity index (χ3n) is 4.61. The van der Waals surface area contributed by atoms with E-state index in [1.54, 1.807) is 0 Å². The van der Waals surface area contributed by atoms with Gasteiger partial charge in [-0.3, -0.25) is 0 Å². The largest absolute Gasteiger partial charge is 0.634 e. The zero-order valence-corrected chi connectivity index (χ0v) is 14.1. The van der Waals surface area contributed by atoms with Crippen LogP contribution in [0, 0.1) is 0 Å². The van der Waals surface area contributed by atoms with Crippen LogP contribution in [0.25, 0.3) is 0 Å². The van der Waals surface area contributed by atoms with Gasteiger partial charge in [0.1, 0.15) is 5.60 Å². The van der Waals surface area contributed by atoms with Gasteiger partial charge in [-0.2, -0.15) is 0 Å². The Labute approximate surface area is 148 Å². The first kappa shape index (κ1) is 17.4. The number of benzene rings is 3. The smallest absolute Gasteiger partial charge is 0.402 e. The maximum atomic E-state index is 9.74. The Morgan fingerprint density at radius 3 is 1.52 bits per heavy atom. The molecule has 0 saturated carbocycles. The van der Waals surface area contributed by atoms with E-state index in [0.29, 0.717) is 0 Å². The molecule has 0 aliphatic rings. The molecule has 0 heterocycles. The van der Waals surface area contributed by atoms with Crippen molar-refractivity contribution in [2.24, 2.45) is 0 Å². The van der Waals surface area contributed by atoms with Gasteiger partial charge in [0.2, 0.25) is 0 Å². The van der Waals surface area contributed by atoms with Crippen LogP contribution < -0.4 is 0 Å². The van der Waals surface area contributed by atoms with Crippen LogP contribution in [0.3, 0.4) is 0 Å². The molecule has 0 aromatic heterocycles. The lowest BCUT2D eigenvalue weighted by Crippen LogP contribution is -2.42. The second-order valence-corrected chi connectivity index (χ2v) is 6.04. The fourth-order valence-corrected chi connectivity index (χ4v) is 3.42. The number of hydrogen-bond acceptors (Lipinski definition) is 3. The van der Waals surface area contributed by atoms with Crippen molar-refractivity contribution in [2.75, 3.05) is 0 Å². The molecule has 0 aliphatic heterocycles. The highest BCUT2D eigenvalue weighted by Gasteiger charge is 2.44. The second kappa shape index (κ2) is 7.66. The Morgan fingerprint density at radius 1 is 0.720 bits per heavy atom. The Balaban J connectivity index is 2.25. The van der Waals surface area contributed by atoms with Crippen LogP contribution in [0.5, 0.6) is 0 Å². The summed E-state index contributed by atoms with van der Waals surface area (Å²) < 4.78 is 5.84. The van der Waals surface area contributed by atoms with Crippen molar-refractivity contribution in [1.82, 2.24) is 0 Å². The summed E-state index contributed by atoms with van der Waals surface area (Å²) in [7, 11) is -1.90. The molecule has 1 unspecified atom stereocenters. The molecule has 3 nitrogen and oxygen atoms in total. The van der Waals surface area contributed by atoms with Crippen LogP contribution in [0.2, 0.25) is 0 Å². The SMILES string of the molecule is CC(c1ccccc1)C(OB(O)O)(c1ccccc1)c1ccccc1. The summed E-state index contributed by atoms with van der Waals surface area (Å²) in [4.78, 5) is 0. The number of rotatable bonds is 6. The van der Waals surface area contributed by atoms with Crippen molar-refractivity contribution in [1.29, 1.82) is 0 Å². The molecule has 0 spiro atoms. The lowest BCUT2D eigenvalue weighted by Gasteiger charge is -2.41. The Hall–Kier alpha value is -2.40. The predicted octanol–water partition coefficient (Wildman–Crippen LogP) is 3.72. The summed E-state index contributed by atoms with van der Waals surface area (Å²) in [5, 5.41) is 19.5. The van der Waals surface area contributed by atoms with Crippen LogP contribution in [-0.4, -0.2) is 17.4 Å². The third kappa shape index (κ3) is 3.51. The number of hydrogen-bond donors (Lipinski definition) is 2. The van der Waals surface area contributed by atoms with Crippen LogP contribution in [0.4, 0.5) is 0 Å². The Bertz CT molecular complexity index is 737. The third-order valence-corrected chi connectivity index (χ3v) is 4.61. The van der Waals surface area contributed by atoms with Gasteiger partial charge in [-0.25, -0.2) is 0 Å². The molecule has 2 N–H and O–H groups in total. The van der Waals surface area contributed by atoms with Gasteiger partial charge in [-0.15, -0.1) is 0 Å². The van der Waals surface area contributed by atoms with Gasteiger partial charge < -0.3 is 14.7 Å². The van der Waals surface area contributed by atoms with E-state index in [9.17, 15) is 10.0 Å². The normalized spacial score (nSPS) is 12.6. The van der Waals surface area contributed by atoms with E-state index in [4.69, 9.17) is 4.65 Å². The van der Waals surface area contributed by atoms with Gasteiger partial charge in [0.25, 0.3) is 0 Å². The minimum Gasteiger partial charge on any atom is -0.402 e. The molecule has 0 amide bonds. The van der Waals surface area contributed by atoms with E-state index < -0.39 is 12.9 Å². The van der Waals surface area contributed by atoms with Gasteiger partial charge in [-0.1, -0.05) is 97.9 Å². The molecule has 0 fully saturated rings. The lowest BCUT2D eigenvalue weighted by atomic mass is 9.73. The topological polar surface area (TPSA) is 49.7 Å². The quantitative estimate of drug-likeness (QED) is 0.677. The van der Waals surface area contributed by atoms with E-state index in [1.807, 2.05) is 97.9 Å². The fourth-order valence-electron chi connectivity index (χ4n) is 3.42. The lowest BCUT2D eigenvalue weighted by molar-refractivity contribution is 0.0301. The van der Waals surface area contributed by atoms with Gasteiger partial charge in [-0.05, 0) is 16.7 Å². The van der Waals surface area contributed by atoms with E-state index in [1.165, 1.54) is 0 Å². The van der Waals surface area contributed by atoms with Crippen molar-refractivity contribution in [3.8, 4) is 0 Å². The van der Waals surface area contributed by atoms with E-state index in [0.717, 1.165) is 16.7 Å². The van der Waals surface area contributed by atoms with Gasteiger partial charge in [0.05, 0.1) is 0 Å². The summed E-state index contributed by atoms with van der Waals surface area (Å²) in [6, 6.07) is 29.4. The predicted molar refractivity (Wildman–Crippen MR) is 99.8 cm³/mol. The Kier molecular flexibility index (Phi) is 5.34. The summed E-state index contributed by atoms with van der Waals surface area (Å²) in [6.07, 6.45) is 0. The van der Waals surface area contributed by atoms with E-state index in [2.05, 4.69) is 0 Å². The van der Waals surface area contributed by atoms with Crippen LogP contribution in [0.15, 0.2) is 91.0 Å². The Morgan fingerprint density at radius 2 is 1.12 bits per heavy atom. The summed E-state index contributed by atoms with van der Waals surface area (Å²) in [5.41, 5.74) is 1.75. The van der Waals surface area contributed by atoms with Crippen LogP contribution in [0.1, 0.15) is 29.5 Å². The van der Waals surface area contributed by atoms with Gasteiger partial charge in [0.15, 0.2) is 0 Å². The molecule has 0 radical (unpaired) electrons. The average Bonchev–Trinajstić information content (AvgIpc) is 2.67. The monoisotopic (exact) mass is 332 g/mol. The summed E-state index contributed by atoms with van der Waals surface area (Å²) in [5.74, 6) is -0.153. The average molecular weight is 332 g/mol. The highest BCUT2D eigenvalue weighted by Crippen LogP contribution is 2.45. The maximum absolute atomic E-state index is 9.74. The van der Waals surface area contributed by atoms with Gasteiger partial charge in [0, 0.05) is 5.92 Å². The standard InChI is InChI=1S/C21H21BO3/c1-17(18-11-5-2-6-12-18)21(25-22(23)24,19-13-7-3-8-14-19)20-15-9-4-10-16-20/h2-17,23-24H,1H3. The molecule has 0 aliphatic carbocycles. The van der Waals surface area contributed by atoms with Crippen molar-refractivity contribution in [3.05, 3.63) is 108 Å². The van der Waals surface area contributed by atoms with E-state index >= 15 is 0 Å². The molecule has 4 heteroatoms. The first-order valence-electron chi connectivity index (χ1n) is 8.34. The van der Waals surface area contributed by atoms with Gasteiger partial charge >= 0.3 is 7.32 Å². The first-order chi connectivity index (χ1) is 12.1.